The molecule has 2 fully saturated rings. The van der Waals surface area contributed by atoms with Crippen LogP contribution in [0.3, 0.4) is 0 Å². The minimum atomic E-state index is -1.18. The van der Waals surface area contributed by atoms with E-state index in [9.17, 15) is 24.6 Å². The molecule has 0 aromatic rings. The third-order valence-corrected chi connectivity index (χ3v) is 7.91. The van der Waals surface area contributed by atoms with E-state index >= 15 is 0 Å². The van der Waals surface area contributed by atoms with Crippen LogP contribution in [-0.2, 0) is 23.9 Å². The molecule has 0 radical (unpaired) electrons. The molecule has 0 amide bonds. The first-order chi connectivity index (χ1) is 14.2. The van der Waals surface area contributed by atoms with E-state index in [4.69, 9.17) is 9.47 Å². The lowest BCUT2D eigenvalue weighted by Gasteiger charge is -2.58. The lowest BCUT2D eigenvalue weighted by molar-refractivity contribution is -0.188. The van der Waals surface area contributed by atoms with E-state index < -0.39 is 59.0 Å². The van der Waals surface area contributed by atoms with E-state index in [1.54, 1.807) is 6.92 Å². The number of hydrogen-bond acceptors (Lipinski definition) is 7. The zero-order valence-corrected chi connectivity index (χ0v) is 19.2. The summed E-state index contributed by atoms with van der Waals surface area (Å²) >= 11 is 0. The first-order valence-corrected chi connectivity index (χ1v) is 10.9. The number of aliphatic hydroxyl groups excluding tert-OH is 2. The van der Waals surface area contributed by atoms with Crippen molar-refractivity contribution in [1.82, 2.24) is 0 Å². The van der Waals surface area contributed by atoms with E-state index in [0.717, 1.165) is 0 Å². The summed E-state index contributed by atoms with van der Waals surface area (Å²) in [5.74, 6) is -2.22. The summed E-state index contributed by atoms with van der Waals surface area (Å²) in [6.45, 7) is 14.1. The van der Waals surface area contributed by atoms with Gasteiger partial charge in [-0.25, -0.2) is 0 Å². The Morgan fingerprint density at radius 3 is 2.23 bits per heavy atom. The highest BCUT2D eigenvalue weighted by atomic mass is 16.6. The van der Waals surface area contributed by atoms with Crippen LogP contribution in [-0.4, -0.2) is 52.4 Å². The van der Waals surface area contributed by atoms with Gasteiger partial charge in [0.15, 0.2) is 11.9 Å². The number of carbonyl (C=O) groups excluding carboxylic acids is 3. The second-order valence-corrected chi connectivity index (χ2v) is 10.2. The molecule has 0 aromatic carbocycles. The highest BCUT2D eigenvalue weighted by molar-refractivity contribution is 5.97. The Bertz CT molecular complexity index is 854. The fourth-order valence-corrected chi connectivity index (χ4v) is 6.27. The number of aliphatic hydroxyl groups is 2. The maximum absolute atomic E-state index is 13.0. The molecule has 2 saturated carbocycles. The molecule has 31 heavy (non-hydrogen) atoms. The van der Waals surface area contributed by atoms with Gasteiger partial charge in [-0.15, -0.1) is 0 Å². The van der Waals surface area contributed by atoms with Gasteiger partial charge < -0.3 is 19.7 Å². The number of ketones is 1. The van der Waals surface area contributed by atoms with E-state index in [2.05, 4.69) is 6.58 Å². The Labute approximate surface area is 183 Å². The molecule has 2 N–H and O–H groups in total. The predicted octanol–water partition coefficient (Wildman–Crippen LogP) is 2.49. The minimum absolute atomic E-state index is 0.133. The van der Waals surface area contributed by atoms with Gasteiger partial charge in [0.05, 0.1) is 6.10 Å². The summed E-state index contributed by atoms with van der Waals surface area (Å²) in [6.07, 6.45) is -2.82. The van der Waals surface area contributed by atoms with Gasteiger partial charge in [-0.2, -0.15) is 0 Å². The van der Waals surface area contributed by atoms with Crippen molar-refractivity contribution in [3.05, 3.63) is 23.3 Å². The Kier molecular flexibility index (Phi) is 6.00. The minimum Gasteiger partial charge on any atom is -0.462 e. The van der Waals surface area contributed by atoms with E-state index in [0.29, 0.717) is 29.6 Å². The molecule has 0 aromatic heterocycles. The van der Waals surface area contributed by atoms with Gasteiger partial charge in [0.1, 0.15) is 12.2 Å². The van der Waals surface area contributed by atoms with Crippen molar-refractivity contribution >= 4 is 17.7 Å². The van der Waals surface area contributed by atoms with Crippen LogP contribution in [0.4, 0.5) is 0 Å². The number of esters is 2. The van der Waals surface area contributed by atoms with Crippen molar-refractivity contribution in [2.75, 3.05) is 0 Å². The number of ether oxygens (including phenoxy) is 2. The van der Waals surface area contributed by atoms with Crippen LogP contribution in [0, 0.1) is 22.7 Å². The van der Waals surface area contributed by atoms with Gasteiger partial charge in [0.2, 0.25) is 0 Å². The highest BCUT2D eigenvalue weighted by Crippen LogP contribution is 2.59. The Balaban J connectivity index is 2.33. The molecule has 2 bridgehead atoms. The van der Waals surface area contributed by atoms with Crippen molar-refractivity contribution in [2.45, 2.75) is 85.2 Å². The van der Waals surface area contributed by atoms with Crippen molar-refractivity contribution < 1.29 is 34.1 Å². The SMILES string of the molecule is C=C1[C@@H](O)CC[C@@]2(C)[C@@H](O)[C@H](OC(C)=O)C3=C(C)C(=O)C[C@@H]([C@@H](OC(C)=O)[C@H]12)C3(C)C. The van der Waals surface area contributed by atoms with E-state index in [1.165, 1.54) is 13.8 Å². The van der Waals surface area contributed by atoms with Crippen molar-refractivity contribution in [3.63, 3.8) is 0 Å². The van der Waals surface area contributed by atoms with Crippen LogP contribution in [0.25, 0.3) is 0 Å². The molecule has 3 rings (SSSR count). The molecule has 7 atom stereocenters. The summed E-state index contributed by atoms with van der Waals surface area (Å²) < 4.78 is 11.5. The van der Waals surface area contributed by atoms with E-state index in [-0.39, 0.29) is 12.2 Å². The number of Topliss-reactive ketones (excluding diaryl/α,β-unsaturated/α-hetero) is 1. The molecule has 7 heteroatoms. The van der Waals surface area contributed by atoms with Crippen molar-refractivity contribution in [2.24, 2.45) is 22.7 Å². The third-order valence-electron chi connectivity index (χ3n) is 7.91. The second kappa shape index (κ2) is 7.85. The fourth-order valence-electron chi connectivity index (χ4n) is 6.27. The molecule has 172 valence electrons. The predicted molar refractivity (Wildman–Crippen MR) is 113 cm³/mol. The maximum Gasteiger partial charge on any atom is 0.303 e. The summed E-state index contributed by atoms with van der Waals surface area (Å²) in [6, 6.07) is 0. The molecule has 0 aliphatic heterocycles. The van der Waals surface area contributed by atoms with Crippen LogP contribution in [0.2, 0.25) is 0 Å². The van der Waals surface area contributed by atoms with Crippen molar-refractivity contribution in [1.29, 1.82) is 0 Å². The highest BCUT2D eigenvalue weighted by Gasteiger charge is 2.62. The van der Waals surface area contributed by atoms with Gasteiger partial charge in [0, 0.05) is 37.5 Å². The molecule has 0 unspecified atom stereocenters. The topological polar surface area (TPSA) is 110 Å². The van der Waals surface area contributed by atoms with Crippen LogP contribution in [0.1, 0.15) is 60.8 Å². The van der Waals surface area contributed by atoms with Crippen molar-refractivity contribution in [3.8, 4) is 0 Å². The number of hydrogen-bond donors (Lipinski definition) is 2. The van der Waals surface area contributed by atoms with Crippen LogP contribution < -0.4 is 0 Å². The Morgan fingerprint density at radius 1 is 1.10 bits per heavy atom. The number of carbonyl (C=O) groups is 3. The Hall–Kier alpha value is -1.99. The van der Waals surface area contributed by atoms with Crippen LogP contribution in [0.15, 0.2) is 23.3 Å². The zero-order chi connectivity index (χ0) is 23.5. The summed E-state index contributed by atoms with van der Waals surface area (Å²) in [5.41, 5.74) is -0.0890. The first kappa shape index (κ1) is 23.7. The van der Waals surface area contributed by atoms with Gasteiger partial charge >= 0.3 is 11.9 Å². The maximum atomic E-state index is 13.0. The molecule has 0 saturated heterocycles. The van der Waals surface area contributed by atoms with Gasteiger partial charge in [-0.05, 0) is 41.9 Å². The largest absolute Gasteiger partial charge is 0.462 e. The molecule has 0 spiro atoms. The van der Waals surface area contributed by atoms with Crippen LogP contribution in [0.5, 0.6) is 0 Å². The van der Waals surface area contributed by atoms with Crippen LogP contribution >= 0.6 is 0 Å². The number of fused-ring (bicyclic) bond motifs is 3. The molecule has 7 nitrogen and oxygen atoms in total. The monoisotopic (exact) mass is 434 g/mol. The zero-order valence-electron chi connectivity index (χ0n) is 19.2. The molecule has 3 aliphatic rings. The number of rotatable bonds is 2. The molecule has 0 heterocycles. The average Bonchev–Trinajstić information content (AvgIpc) is 2.64. The summed E-state index contributed by atoms with van der Waals surface area (Å²) in [7, 11) is 0. The Morgan fingerprint density at radius 2 is 1.68 bits per heavy atom. The van der Waals surface area contributed by atoms with Gasteiger partial charge in [0.25, 0.3) is 0 Å². The summed E-state index contributed by atoms with van der Waals surface area (Å²) in [4.78, 5) is 37.2. The molecule has 3 aliphatic carbocycles. The lowest BCUT2D eigenvalue weighted by Crippen LogP contribution is -2.63. The molecular formula is C24H34O7. The first-order valence-electron chi connectivity index (χ1n) is 10.9. The smallest absolute Gasteiger partial charge is 0.303 e. The standard InChI is InChI=1S/C24H34O7/c1-11-16(27)8-9-24(7)19(11)20(30-13(3)25)15-10-17(28)12(2)18(23(15,5)6)21(22(24)29)31-14(4)26/h15-16,19-22,27,29H,1,8-10H2,2-7H3/t15-,16-,19-,20+,21+,22-,24+/m0/s1. The quantitative estimate of drug-likeness (QED) is 0.507. The average molecular weight is 435 g/mol. The van der Waals surface area contributed by atoms with E-state index in [1.807, 2.05) is 20.8 Å². The molecular weight excluding hydrogens is 400 g/mol. The second-order valence-electron chi connectivity index (χ2n) is 10.2. The van der Waals surface area contributed by atoms with Gasteiger partial charge in [-0.1, -0.05) is 27.4 Å². The fraction of sp³-hybridized carbons (Fsp3) is 0.708. The number of allylic oxidation sites excluding steroid dienone is 1. The normalized spacial score (nSPS) is 39.9. The lowest BCUT2D eigenvalue weighted by atomic mass is 9.49. The summed E-state index contributed by atoms with van der Waals surface area (Å²) in [5, 5.41) is 22.3. The van der Waals surface area contributed by atoms with Gasteiger partial charge in [-0.3, -0.25) is 14.4 Å². The third kappa shape index (κ3) is 3.65.